The molecular formula is C14H21NO. The molecule has 88 valence electrons. The normalized spacial score (nSPS) is 30.4. The van der Waals surface area contributed by atoms with Crippen LogP contribution in [-0.2, 0) is 10.3 Å². The molecule has 1 N–H and O–H groups in total. The zero-order valence-electron chi connectivity index (χ0n) is 10.6. The molecule has 1 aliphatic heterocycles. The number of aryl methyl sites for hydroxylation is 2. The molecule has 0 aromatic heterocycles. The summed E-state index contributed by atoms with van der Waals surface area (Å²) >= 11 is 0. The summed E-state index contributed by atoms with van der Waals surface area (Å²) in [6, 6.07) is 7.06. The molecule has 1 fully saturated rings. The van der Waals surface area contributed by atoms with E-state index in [1.54, 1.807) is 0 Å². The van der Waals surface area contributed by atoms with Crippen molar-refractivity contribution >= 4 is 0 Å². The highest BCUT2D eigenvalue weighted by Gasteiger charge is 2.32. The quantitative estimate of drug-likeness (QED) is 0.783. The van der Waals surface area contributed by atoms with Crippen molar-refractivity contribution in [1.82, 2.24) is 5.32 Å². The number of morpholine rings is 1. The van der Waals surface area contributed by atoms with Gasteiger partial charge in [-0.25, -0.2) is 0 Å². The van der Waals surface area contributed by atoms with Gasteiger partial charge in [-0.15, -0.1) is 0 Å². The molecule has 0 amide bonds. The number of ether oxygens (including phenoxy) is 1. The number of hydrogen-bond donors (Lipinski definition) is 1. The van der Waals surface area contributed by atoms with Gasteiger partial charge in [0.2, 0.25) is 0 Å². The van der Waals surface area contributed by atoms with Crippen LogP contribution in [0.4, 0.5) is 0 Å². The highest BCUT2D eigenvalue weighted by atomic mass is 16.5. The molecule has 2 heteroatoms. The molecule has 0 unspecified atom stereocenters. The molecule has 2 rings (SSSR count). The summed E-state index contributed by atoms with van der Waals surface area (Å²) in [7, 11) is 0. The van der Waals surface area contributed by atoms with Crippen LogP contribution in [-0.4, -0.2) is 19.2 Å². The van der Waals surface area contributed by atoms with Crippen molar-refractivity contribution in [2.24, 2.45) is 0 Å². The van der Waals surface area contributed by atoms with Crippen molar-refractivity contribution < 1.29 is 4.74 Å². The number of nitrogens with one attached hydrogen (secondary N) is 1. The van der Waals surface area contributed by atoms with Crippen molar-refractivity contribution in [3.63, 3.8) is 0 Å². The van der Waals surface area contributed by atoms with Crippen molar-refractivity contribution in [2.45, 2.75) is 39.3 Å². The fourth-order valence-corrected chi connectivity index (χ4v) is 2.04. The van der Waals surface area contributed by atoms with E-state index in [1.807, 2.05) is 0 Å². The highest BCUT2D eigenvalue weighted by Crippen LogP contribution is 2.28. The van der Waals surface area contributed by atoms with Crippen LogP contribution in [0.2, 0.25) is 0 Å². The van der Waals surface area contributed by atoms with Crippen LogP contribution in [0, 0.1) is 13.8 Å². The van der Waals surface area contributed by atoms with E-state index in [9.17, 15) is 0 Å². The lowest BCUT2D eigenvalue weighted by atomic mass is 9.91. The molecule has 0 aliphatic carbocycles. The van der Waals surface area contributed by atoms with Crippen molar-refractivity contribution in [2.75, 3.05) is 13.2 Å². The lowest BCUT2D eigenvalue weighted by Gasteiger charge is -2.38. The minimum Gasteiger partial charge on any atom is -0.368 e. The molecule has 1 saturated heterocycles. The van der Waals surface area contributed by atoms with Crippen molar-refractivity contribution in [3.8, 4) is 0 Å². The van der Waals surface area contributed by atoms with Crippen molar-refractivity contribution in [1.29, 1.82) is 0 Å². The van der Waals surface area contributed by atoms with Gasteiger partial charge in [-0.2, -0.15) is 0 Å². The third kappa shape index (κ3) is 2.13. The molecule has 1 heterocycles. The van der Waals surface area contributed by atoms with E-state index < -0.39 is 0 Å². The van der Waals surface area contributed by atoms with Crippen LogP contribution in [0.25, 0.3) is 0 Å². The second-order valence-corrected chi connectivity index (χ2v) is 5.12. The molecule has 0 bridgehead atoms. The van der Waals surface area contributed by atoms with Crippen LogP contribution in [0.5, 0.6) is 0 Å². The SMILES string of the molecule is Cc1ccc([C@@]2(C)CN[C@H](C)CO2)cc1C. The third-order valence-corrected chi connectivity index (χ3v) is 3.56. The summed E-state index contributed by atoms with van der Waals surface area (Å²) in [4.78, 5) is 0. The Hall–Kier alpha value is -0.860. The van der Waals surface area contributed by atoms with E-state index in [-0.39, 0.29) is 5.60 Å². The second kappa shape index (κ2) is 4.19. The second-order valence-electron chi connectivity index (χ2n) is 5.12. The van der Waals surface area contributed by atoms with Gasteiger partial charge in [-0.05, 0) is 44.4 Å². The van der Waals surface area contributed by atoms with E-state index in [0.29, 0.717) is 6.04 Å². The molecular weight excluding hydrogens is 198 g/mol. The minimum absolute atomic E-state index is 0.176. The zero-order valence-corrected chi connectivity index (χ0v) is 10.6. The molecule has 0 radical (unpaired) electrons. The van der Waals surface area contributed by atoms with Gasteiger partial charge in [0.15, 0.2) is 0 Å². The van der Waals surface area contributed by atoms with Crippen LogP contribution in [0.15, 0.2) is 18.2 Å². The Bertz CT molecular complexity index is 378. The van der Waals surface area contributed by atoms with E-state index in [0.717, 1.165) is 13.2 Å². The van der Waals surface area contributed by atoms with Gasteiger partial charge in [-0.3, -0.25) is 0 Å². The summed E-state index contributed by atoms with van der Waals surface area (Å²) in [6.45, 7) is 10.3. The van der Waals surface area contributed by atoms with Crippen molar-refractivity contribution in [3.05, 3.63) is 34.9 Å². The predicted octanol–water partition coefficient (Wildman–Crippen LogP) is 2.53. The highest BCUT2D eigenvalue weighted by molar-refractivity contribution is 5.33. The van der Waals surface area contributed by atoms with E-state index >= 15 is 0 Å². The van der Waals surface area contributed by atoms with Gasteiger partial charge in [0.25, 0.3) is 0 Å². The van der Waals surface area contributed by atoms with E-state index in [4.69, 9.17) is 4.74 Å². The van der Waals surface area contributed by atoms with Crippen LogP contribution in [0.1, 0.15) is 30.5 Å². The van der Waals surface area contributed by atoms with Gasteiger partial charge in [0, 0.05) is 12.6 Å². The van der Waals surface area contributed by atoms with E-state index in [2.05, 4.69) is 51.2 Å². The van der Waals surface area contributed by atoms with Gasteiger partial charge in [0.05, 0.1) is 6.61 Å². The number of rotatable bonds is 1. The maximum absolute atomic E-state index is 6.00. The average Bonchev–Trinajstić information content (AvgIpc) is 2.26. The molecule has 1 aliphatic rings. The monoisotopic (exact) mass is 219 g/mol. The van der Waals surface area contributed by atoms with Crippen LogP contribution in [0.3, 0.4) is 0 Å². The molecule has 2 nitrogen and oxygen atoms in total. The summed E-state index contributed by atoms with van der Waals surface area (Å²) < 4.78 is 6.00. The fraction of sp³-hybridized carbons (Fsp3) is 0.571. The van der Waals surface area contributed by atoms with E-state index in [1.165, 1.54) is 16.7 Å². The number of hydrogen-bond acceptors (Lipinski definition) is 2. The summed E-state index contributed by atoms with van der Waals surface area (Å²) in [5.41, 5.74) is 3.77. The lowest BCUT2D eigenvalue weighted by molar-refractivity contribution is -0.0728. The zero-order chi connectivity index (χ0) is 11.8. The summed E-state index contributed by atoms with van der Waals surface area (Å²) in [6.07, 6.45) is 0. The lowest BCUT2D eigenvalue weighted by Crippen LogP contribution is -2.50. The summed E-state index contributed by atoms with van der Waals surface area (Å²) in [5.74, 6) is 0. The Kier molecular flexibility index (Phi) is 3.04. The maximum atomic E-state index is 6.00. The molecule has 16 heavy (non-hydrogen) atoms. The van der Waals surface area contributed by atoms with Crippen LogP contribution < -0.4 is 5.32 Å². The Morgan fingerprint density at radius 3 is 2.62 bits per heavy atom. The predicted molar refractivity (Wildman–Crippen MR) is 66.7 cm³/mol. The standard InChI is InChI=1S/C14H21NO/c1-10-5-6-13(7-11(10)2)14(4)9-15-12(3)8-16-14/h5-7,12,15H,8-9H2,1-4H3/t12-,14-/m1/s1. The van der Waals surface area contributed by atoms with Gasteiger partial charge in [0.1, 0.15) is 5.60 Å². The first kappa shape index (κ1) is 11.6. The van der Waals surface area contributed by atoms with Gasteiger partial charge in [-0.1, -0.05) is 18.2 Å². The maximum Gasteiger partial charge on any atom is 0.103 e. The molecule has 0 saturated carbocycles. The average molecular weight is 219 g/mol. The molecule has 1 aromatic rings. The number of benzene rings is 1. The Labute approximate surface area is 98.0 Å². The topological polar surface area (TPSA) is 21.3 Å². The smallest absolute Gasteiger partial charge is 0.103 e. The Morgan fingerprint density at radius 1 is 1.31 bits per heavy atom. The summed E-state index contributed by atoms with van der Waals surface area (Å²) in [5, 5.41) is 3.48. The molecule has 2 atom stereocenters. The minimum atomic E-state index is -0.176. The first-order chi connectivity index (χ1) is 7.51. The molecule has 1 aromatic carbocycles. The van der Waals surface area contributed by atoms with Gasteiger partial charge < -0.3 is 10.1 Å². The Balaban J connectivity index is 2.25. The molecule has 0 spiro atoms. The van der Waals surface area contributed by atoms with Gasteiger partial charge >= 0.3 is 0 Å². The first-order valence-electron chi connectivity index (χ1n) is 5.96. The largest absolute Gasteiger partial charge is 0.368 e. The third-order valence-electron chi connectivity index (χ3n) is 3.56. The fourth-order valence-electron chi connectivity index (χ4n) is 2.04. The Morgan fingerprint density at radius 2 is 2.06 bits per heavy atom. The first-order valence-corrected chi connectivity index (χ1v) is 5.96. The van der Waals surface area contributed by atoms with Crippen LogP contribution >= 0.6 is 0 Å².